The second-order valence-corrected chi connectivity index (χ2v) is 6.48. The molecule has 0 fully saturated rings. The summed E-state index contributed by atoms with van der Waals surface area (Å²) in [5, 5.41) is 2.95. The Morgan fingerprint density at radius 3 is 2.62 bits per heavy atom. The Bertz CT molecular complexity index is 1100. The highest BCUT2D eigenvalue weighted by molar-refractivity contribution is 5.94. The molecule has 5 heteroatoms. The molecule has 0 saturated heterocycles. The van der Waals surface area contributed by atoms with Crippen LogP contribution in [0.3, 0.4) is 0 Å². The molecule has 29 heavy (non-hydrogen) atoms. The molecule has 4 aromatic rings. The first-order valence-corrected chi connectivity index (χ1v) is 9.25. The Morgan fingerprint density at radius 1 is 1.00 bits per heavy atom. The van der Waals surface area contributed by atoms with E-state index >= 15 is 0 Å². The minimum Gasteiger partial charge on any atom is -0.497 e. The monoisotopic (exact) mass is 384 g/mol. The fourth-order valence-electron chi connectivity index (χ4n) is 3.11. The van der Waals surface area contributed by atoms with Gasteiger partial charge in [-0.05, 0) is 53.6 Å². The Hall–Kier alpha value is -3.86. The summed E-state index contributed by atoms with van der Waals surface area (Å²) in [6, 6.07) is 22.8. The van der Waals surface area contributed by atoms with E-state index in [9.17, 15) is 4.79 Å². The highest BCUT2D eigenvalue weighted by Crippen LogP contribution is 2.24. The van der Waals surface area contributed by atoms with Crippen LogP contribution in [0.25, 0.3) is 22.6 Å². The molecular formula is C24H20N2O3. The summed E-state index contributed by atoms with van der Waals surface area (Å²) < 4.78 is 10.7. The van der Waals surface area contributed by atoms with Crippen molar-refractivity contribution in [2.75, 3.05) is 7.11 Å². The van der Waals surface area contributed by atoms with E-state index in [1.807, 2.05) is 72.8 Å². The Kier molecular flexibility index (Phi) is 5.38. The van der Waals surface area contributed by atoms with Crippen molar-refractivity contribution in [2.45, 2.75) is 6.54 Å². The van der Waals surface area contributed by atoms with Gasteiger partial charge >= 0.3 is 0 Å². The van der Waals surface area contributed by atoms with E-state index in [1.54, 1.807) is 19.6 Å². The third-order valence-corrected chi connectivity index (χ3v) is 4.64. The maximum absolute atomic E-state index is 12.6. The minimum absolute atomic E-state index is 0.142. The number of hydrogen-bond donors (Lipinski definition) is 1. The predicted molar refractivity (Wildman–Crippen MR) is 112 cm³/mol. The van der Waals surface area contributed by atoms with Gasteiger partial charge in [0.15, 0.2) is 5.76 Å². The van der Waals surface area contributed by atoms with Crippen LogP contribution in [0.2, 0.25) is 0 Å². The number of amides is 1. The lowest BCUT2D eigenvalue weighted by molar-refractivity contribution is 0.0951. The lowest BCUT2D eigenvalue weighted by Gasteiger charge is -2.09. The van der Waals surface area contributed by atoms with Gasteiger partial charge in [-0.25, -0.2) is 0 Å². The third-order valence-electron chi connectivity index (χ3n) is 4.64. The number of benzene rings is 2. The van der Waals surface area contributed by atoms with Gasteiger partial charge in [0.2, 0.25) is 0 Å². The minimum atomic E-state index is -0.142. The molecule has 2 heterocycles. The second kappa shape index (κ2) is 8.44. The van der Waals surface area contributed by atoms with Crippen LogP contribution < -0.4 is 10.1 Å². The average molecular weight is 384 g/mol. The van der Waals surface area contributed by atoms with Gasteiger partial charge in [0, 0.05) is 23.9 Å². The summed E-state index contributed by atoms with van der Waals surface area (Å²) in [5.74, 6) is 1.34. The molecule has 0 aliphatic carbocycles. The zero-order valence-corrected chi connectivity index (χ0v) is 16.0. The standard InChI is InChI=1S/C24H20N2O3/c1-28-21-7-2-5-19(15-21)17-9-11-18(12-10-17)24(27)26-16-20-6-3-13-25-23(20)22-8-4-14-29-22/h2-15H,16H2,1H3,(H,26,27). The number of nitrogens with one attached hydrogen (secondary N) is 1. The number of rotatable bonds is 6. The molecule has 0 atom stereocenters. The average Bonchev–Trinajstić information content (AvgIpc) is 3.32. The third kappa shape index (κ3) is 4.19. The van der Waals surface area contributed by atoms with Crippen molar-refractivity contribution in [2.24, 2.45) is 0 Å². The quantitative estimate of drug-likeness (QED) is 0.511. The molecule has 0 unspecified atom stereocenters. The van der Waals surface area contributed by atoms with E-state index in [2.05, 4.69) is 10.3 Å². The molecule has 5 nitrogen and oxygen atoms in total. The number of hydrogen-bond acceptors (Lipinski definition) is 4. The van der Waals surface area contributed by atoms with Crippen LogP contribution in [-0.2, 0) is 6.54 Å². The topological polar surface area (TPSA) is 64.4 Å². The number of nitrogens with zero attached hydrogens (tertiary/aromatic N) is 1. The molecule has 144 valence electrons. The van der Waals surface area contributed by atoms with Crippen LogP contribution in [0.5, 0.6) is 5.75 Å². The maximum atomic E-state index is 12.6. The van der Waals surface area contributed by atoms with Crippen molar-refractivity contribution in [3.05, 3.63) is 96.4 Å². The number of aromatic nitrogens is 1. The van der Waals surface area contributed by atoms with Gasteiger partial charge in [-0.1, -0.05) is 30.3 Å². The van der Waals surface area contributed by atoms with E-state index in [1.165, 1.54) is 0 Å². The lowest BCUT2D eigenvalue weighted by Crippen LogP contribution is -2.23. The van der Waals surface area contributed by atoms with Crippen LogP contribution in [0.4, 0.5) is 0 Å². The van der Waals surface area contributed by atoms with Crippen LogP contribution in [0, 0.1) is 0 Å². The summed E-state index contributed by atoms with van der Waals surface area (Å²) in [6.07, 6.45) is 3.32. The molecule has 4 rings (SSSR count). The van der Waals surface area contributed by atoms with Gasteiger partial charge in [0.1, 0.15) is 11.4 Å². The van der Waals surface area contributed by atoms with Crippen molar-refractivity contribution in [1.29, 1.82) is 0 Å². The van der Waals surface area contributed by atoms with E-state index in [0.29, 0.717) is 17.9 Å². The largest absolute Gasteiger partial charge is 0.497 e. The number of carbonyl (C=O) groups excluding carboxylic acids is 1. The molecule has 1 N–H and O–H groups in total. The van der Waals surface area contributed by atoms with Crippen LogP contribution in [0.1, 0.15) is 15.9 Å². The van der Waals surface area contributed by atoms with Gasteiger partial charge in [-0.15, -0.1) is 0 Å². The number of pyridine rings is 1. The summed E-state index contributed by atoms with van der Waals surface area (Å²) >= 11 is 0. The Morgan fingerprint density at radius 2 is 1.86 bits per heavy atom. The number of furan rings is 1. The van der Waals surface area contributed by atoms with Gasteiger partial charge in [-0.2, -0.15) is 0 Å². The van der Waals surface area contributed by atoms with E-state index in [4.69, 9.17) is 9.15 Å². The normalized spacial score (nSPS) is 10.5. The molecule has 0 spiro atoms. The highest BCUT2D eigenvalue weighted by Gasteiger charge is 2.11. The zero-order valence-electron chi connectivity index (χ0n) is 16.0. The molecule has 0 aliphatic heterocycles. The van der Waals surface area contributed by atoms with E-state index in [0.717, 1.165) is 28.1 Å². The Balaban J connectivity index is 1.46. The maximum Gasteiger partial charge on any atom is 0.251 e. The fourth-order valence-corrected chi connectivity index (χ4v) is 3.11. The van der Waals surface area contributed by atoms with Gasteiger partial charge in [0.25, 0.3) is 5.91 Å². The first-order chi connectivity index (χ1) is 14.2. The van der Waals surface area contributed by atoms with Crippen molar-refractivity contribution in [3.63, 3.8) is 0 Å². The van der Waals surface area contributed by atoms with Crippen molar-refractivity contribution < 1.29 is 13.9 Å². The van der Waals surface area contributed by atoms with E-state index < -0.39 is 0 Å². The first kappa shape index (κ1) is 18.5. The predicted octanol–water partition coefficient (Wildman–Crippen LogP) is 4.95. The molecule has 0 radical (unpaired) electrons. The molecule has 2 aromatic carbocycles. The smallest absolute Gasteiger partial charge is 0.251 e. The number of ether oxygens (including phenoxy) is 1. The lowest BCUT2D eigenvalue weighted by atomic mass is 10.0. The highest BCUT2D eigenvalue weighted by atomic mass is 16.5. The fraction of sp³-hybridized carbons (Fsp3) is 0.0833. The molecular weight excluding hydrogens is 364 g/mol. The second-order valence-electron chi connectivity index (χ2n) is 6.48. The van der Waals surface area contributed by atoms with Crippen molar-refractivity contribution >= 4 is 5.91 Å². The molecule has 0 bridgehead atoms. The SMILES string of the molecule is COc1cccc(-c2ccc(C(=O)NCc3cccnc3-c3ccco3)cc2)c1. The van der Waals surface area contributed by atoms with Crippen LogP contribution in [0.15, 0.2) is 89.7 Å². The number of methoxy groups -OCH3 is 1. The van der Waals surface area contributed by atoms with Crippen molar-refractivity contribution in [1.82, 2.24) is 10.3 Å². The summed E-state index contributed by atoms with van der Waals surface area (Å²) in [4.78, 5) is 17.0. The van der Waals surface area contributed by atoms with Gasteiger partial charge in [0.05, 0.1) is 13.4 Å². The summed E-state index contributed by atoms with van der Waals surface area (Å²) in [6.45, 7) is 0.361. The van der Waals surface area contributed by atoms with Gasteiger partial charge < -0.3 is 14.5 Å². The number of carbonyl (C=O) groups is 1. The zero-order chi connectivity index (χ0) is 20.1. The van der Waals surface area contributed by atoms with Crippen molar-refractivity contribution in [3.8, 4) is 28.3 Å². The molecule has 0 saturated carbocycles. The molecule has 0 aliphatic rings. The van der Waals surface area contributed by atoms with Gasteiger partial charge in [-0.3, -0.25) is 9.78 Å². The van der Waals surface area contributed by atoms with E-state index in [-0.39, 0.29) is 5.91 Å². The molecule has 1 amide bonds. The summed E-state index contributed by atoms with van der Waals surface area (Å²) in [7, 11) is 1.64. The van der Waals surface area contributed by atoms with Crippen LogP contribution >= 0.6 is 0 Å². The first-order valence-electron chi connectivity index (χ1n) is 9.25. The Labute approximate surface area is 169 Å². The van der Waals surface area contributed by atoms with Crippen LogP contribution in [-0.4, -0.2) is 18.0 Å². The molecule has 2 aromatic heterocycles. The summed E-state index contributed by atoms with van der Waals surface area (Å²) in [5.41, 5.74) is 4.28.